The van der Waals surface area contributed by atoms with Crippen LogP contribution in [0.15, 0.2) is 36.5 Å². The van der Waals surface area contributed by atoms with Gasteiger partial charge in [-0.2, -0.15) is 0 Å². The highest BCUT2D eigenvalue weighted by Gasteiger charge is 2.20. The van der Waals surface area contributed by atoms with Crippen molar-refractivity contribution in [2.45, 2.75) is 45.8 Å². The summed E-state index contributed by atoms with van der Waals surface area (Å²) in [5.74, 6) is -1.32. The zero-order valence-corrected chi connectivity index (χ0v) is 17.0. The number of pyridine rings is 1. The van der Waals surface area contributed by atoms with Crippen LogP contribution in [0.5, 0.6) is 5.75 Å². The number of unbranched alkanes of at least 4 members (excludes halogenated alkanes) is 1. The number of rotatable bonds is 9. The van der Waals surface area contributed by atoms with Crippen LogP contribution >= 0.6 is 0 Å². The number of carbonyl (C=O) groups excluding carboxylic acids is 1. The molecule has 30 heavy (non-hydrogen) atoms. The lowest BCUT2D eigenvalue weighted by Gasteiger charge is -2.14. The molecule has 8 heteroatoms. The average Bonchev–Trinajstić information content (AvgIpc) is 3.04. The third kappa shape index (κ3) is 4.76. The lowest BCUT2D eigenvalue weighted by Crippen LogP contribution is -2.33. The summed E-state index contributed by atoms with van der Waals surface area (Å²) < 4.78 is 35.0. The highest BCUT2D eigenvalue weighted by Crippen LogP contribution is 2.24. The monoisotopic (exact) mass is 417 g/mol. The van der Waals surface area contributed by atoms with Crippen molar-refractivity contribution in [3.63, 3.8) is 0 Å². The quantitative estimate of drug-likeness (QED) is 0.520. The van der Waals surface area contributed by atoms with E-state index >= 15 is 0 Å². The van der Waals surface area contributed by atoms with Gasteiger partial charge in [-0.1, -0.05) is 6.07 Å². The molecule has 160 valence electrons. The second-order valence-corrected chi connectivity index (χ2v) is 7.19. The minimum Gasteiger partial charge on any atom is -0.485 e. The molecule has 2 heterocycles. The molecule has 3 aromatic rings. The lowest BCUT2D eigenvalue weighted by molar-refractivity contribution is 0.0931. The first-order valence-corrected chi connectivity index (χ1v) is 9.87. The summed E-state index contributed by atoms with van der Waals surface area (Å²) in [5.41, 5.74) is 1.12. The zero-order valence-electron chi connectivity index (χ0n) is 17.0. The molecule has 0 aliphatic rings. The molecule has 0 saturated heterocycles. The molecule has 2 aromatic heterocycles. The Hall–Kier alpha value is -3.00. The van der Waals surface area contributed by atoms with Crippen LogP contribution < -0.4 is 10.1 Å². The van der Waals surface area contributed by atoms with E-state index in [4.69, 9.17) is 9.84 Å². The maximum atomic E-state index is 13.9. The van der Waals surface area contributed by atoms with Crippen molar-refractivity contribution in [3.8, 4) is 5.75 Å². The van der Waals surface area contributed by atoms with Crippen molar-refractivity contribution >= 4 is 11.6 Å². The van der Waals surface area contributed by atoms with Crippen LogP contribution in [-0.4, -0.2) is 33.0 Å². The Morgan fingerprint density at radius 2 is 1.97 bits per heavy atom. The Balaban J connectivity index is 1.80. The van der Waals surface area contributed by atoms with Gasteiger partial charge in [0.05, 0.1) is 11.3 Å². The zero-order chi connectivity index (χ0) is 21.7. The number of hydrogen-bond acceptors (Lipinski definition) is 4. The predicted molar refractivity (Wildman–Crippen MR) is 108 cm³/mol. The number of carbonyl (C=O) groups is 1. The number of hydrogen-bond donors (Lipinski definition) is 2. The topological polar surface area (TPSA) is 75.9 Å². The maximum absolute atomic E-state index is 13.9. The molecule has 1 atom stereocenters. The SMILES string of the molecule is Cc1nc2c(OCc3c(F)cccc3F)cccn2c1C(=O)N[C@H](C)CCCCO. The molecular weight excluding hydrogens is 392 g/mol. The number of benzene rings is 1. The first kappa shape index (κ1) is 21.7. The molecule has 0 spiro atoms. The van der Waals surface area contributed by atoms with Crippen LogP contribution in [0.3, 0.4) is 0 Å². The van der Waals surface area contributed by atoms with Crippen LogP contribution in [-0.2, 0) is 6.61 Å². The largest absolute Gasteiger partial charge is 0.485 e. The minimum atomic E-state index is -0.684. The van der Waals surface area contributed by atoms with Gasteiger partial charge in [0.2, 0.25) is 0 Å². The molecular formula is C22H25F2N3O3. The van der Waals surface area contributed by atoms with Gasteiger partial charge in [0.25, 0.3) is 5.91 Å². The van der Waals surface area contributed by atoms with Crippen LogP contribution in [0.1, 0.15) is 47.9 Å². The van der Waals surface area contributed by atoms with Gasteiger partial charge in [0.1, 0.15) is 23.9 Å². The molecule has 6 nitrogen and oxygen atoms in total. The van der Waals surface area contributed by atoms with Gasteiger partial charge in [-0.05, 0) is 57.4 Å². The van der Waals surface area contributed by atoms with E-state index in [1.54, 1.807) is 29.7 Å². The van der Waals surface area contributed by atoms with E-state index in [1.807, 2.05) is 6.92 Å². The molecule has 2 N–H and O–H groups in total. The van der Waals surface area contributed by atoms with Crippen LogP contribution in [0.25, 0.3) is 5.65 Å². The van der Waals surface area contributed by atoms with Crippen LogP contribution in [0.4, 0.5) is 8.78 Å². The number of halogens is 2. The standard InChI is InChI=1S/C22H25F2N3O3/c1-14(7-3-4-12-28)25-22(29)20-15(2)26-21-19(10-6-11-27(20)21)30-13-16-17(23)8-5-9-18(16)24/h5-6,8-11,14,28H,3-4,7,12-13H2,1-2H3,(H,25,29)/t14-/m1/s1. The summed E-state index contributed by atoms with van der Waals surface area (Å²) in [6.07, 6.45) is 3.95. The number of amides is 1. The van der Waals surface area contributed by atoms with Crippen molar-refractivity contribution in [1.29, 1.82) is 0 Å². The fourth-order valence-corrected chi connectivity index (χ4v) is 3.29. The van der Waals surface area contributed by atoms with Gasteiger partial charge in [-0.25, -0.2) is 13.8 Å². The summed E-state index contributed by atoms with van der Waals surface area (Å²) >= 11 is 0. The summed E-state index contributed by atoms with van der Waals surface area (Å²) in [6, 6.07) is 6.90. The number of ether oxygens (including phenoxy) is 1. The number of fused-ring (bicyclic) bond motifs is 1. The number of nitrogens with one attached hydrogen (secondary N) is 1. The fraction of sp³-hybridized carbons (Fsp3) is 0.364. The fourth-order valence-electron chi connectivity index (χ4n) is 3.29. The van der Waals surface area contributed by atoms with E-state index in [0.717, 1.165) is 12.8 Å². The van der Waals surface area contributed by atoms with E-state index in [9.17, 15) is 13.6 Å². The average molecular weight is 417 g/mol. The lowest BCUT2D eigenvalue weighted by atomic mass is 10.1. The van der Waals surface area contributed by atoms with Gasteiger partial charge in [0, 0.05) is 18.8 Å². The molecule has 1 aromatic carbocycles. The smallest absolute Gasteiger partial charge is 0.270 e. The molecule has 0 aliphatic carbocycles. The Morgan fingerprint density at radius 3 is 2.67 bits per heavy atom. The molecule has 0 fully saturated rings. The molecule has 0 aliphatic heterocycles. The maximum Gasteiger partial charge on any atom is 0.270 e. The summed E-state index contributed by atoms with van der Waals surface area (Å²) in [4.78, 5) is 17.2. The van der Waals surface area contributed by atoms with Gasteiger partial charge >= 0.3 is 0 Å². The van der Waals surface area contributed by atoms with E-state index in [-0.39, 0.29) is 30.7 Å². The number of aromatic nitrogens is 2. The van der Waals surface area contributed by atoms with Crippen molar-refractivity contribution in [2.75, 3.05) is 6.61 Å². The highest BCUT2D eigenvalue weighted by molar-refractivity contribution is 5.95. The molecule has 0 radical (unpaired) electrons. The van der Waals surface area contributed by atoms with Crippen molar-refractivity contribution in [3.05, 3.63) is 65.1 Å². The van der Waals surface area contributed by atoms with E-state index < -0.39 is 11.6 Å². The summed E-state index contributed by atoms with van der Waals surface area (Å²) in [7, 11) is 0. The van der Waals surface area contributed by atoms with Gasteiger partial charge in [0.15, 0.2) is 11.4 Å². The van der Waals surface area contributed by atoms with Crippen molar-refractivity contribution < 1.29 is 23.4 Å². The van der Waals surface area contributed by atoms with E-state index in [2.05, 4.69) is 10.3 Å². The van der Waals surface area contributed by atoms with E-state index in [0.29, 0.717) is 29.2 Å². The van der Waals surface area contributed by atoms with Crippen LogP contribution in [0, 0.1) is 18.6 Å². The van der Waals surface area contributed by atoms with Gasteiger partial charge in [-0.15, -0.1) is 0 Å². The number of nitrogens with zero attached hydrogens (tertiary/aromatic N) is 2. The van der Waals surface area contributed by atoms with Crippen molar-refractivity contribution in [2.24, 2.45) is 0 Å². The number of aliphatic hydroxyl groups is 1. The third-order valence-electron chi connectivity index (χ3n) is 4.86. The summed E-state index contributed by atoms with van der Waals surface area (Å²) in [5, 5.41) is 11.8. The number of aliphatic hydroxyl groups excluding tert-OH is 1. The molecule has 0 unspecified atom stereocenters. The summed E-state index contributed by atoms with van der Waals surface area (Å²) in [6.45, 7) is 3.46. The van der Waals surface area contributed by atoms with Gasteiger partial charge in [-0.3, -0.25) is 9.20 Å². The van der Waals surface area contributed by atoms with Crippen molar-refractivity contribution in [1.82, 2.24) is 14.7 Å². The molecule has 1 amide bonds. The first-order chi connectivity index (χ1) is 14.4. The Morgan fingerprint density at radius 1 is 1.23 bits per heavy atom. The predicted octanol–water partition coefficient (Wildman–Crippen LogP) is 3.78. The Kier molecular flexibility index (Phi) is 6.99. The third-order valence-corrected chi connectivity index (χ3v) is 4.86. The Bertz CT molecular complexity index is 1020. The highest BCUT2D eigenvalue weighted by atomic mass is 19.1. The Labute approximate surface area is 173 Å². The molecule has 0 saturated carbocycles. The van der Waals surface area contributed by atoms with Crippen LogP contribution in [0.2, 0.25) is 0 Å². The minimum absolute atomic E-state index is 0.0579. The second kappa shape index (κ2) is 9.67. The molecule has 3 rings (SSSR count). The number of imidazole rings is 1. The van der Waals surface area contributed by atoms with Gasteiger partial charge < -0.3 is 15.2 Å². The van der Waals surface area contributed by atoms with E-state index in [1.165, 1.54) is 18.2 Å². The first-order valence-electron chi connectivity index (χ1n) is 9.87. The molecule has 0 bridgehead atoms. The number of aryl methyl sites for hydroxylation is 1. The normalized spacial score (nSPS) is 12.2. The second-order valence-electron chi connectivity index (χ2n) is 7.19.